The molecule has 0 atom stereocenters. The first-order valence-electron chi connectivity index (χ1n) is 7.93. The Labute approximate surface area is 153 Å². The van der Waals surface area contributed by atoms with Gasteiger partial charge in [-0.1, -0.05) is 23.7 Å². The first kappa shape index (κ1) is 18.8. The second-order valence-electron chi connectivity index (χ2n) is 6.22. The van der Waals surface area contributed by atoms with E-state index in [1.165, 1.54) is 11.8 Å². The highest BCUT2D eigenvalue weighted by atomic mass is 35.5. The number of nitrogens with one attached hydrogen (secondary N) is 1. The average molecular weight is 369 g/mol. The van der Waals surface area contributed by atoms with Gasteiger partial charge >= 0.3 is 0 Å². The largest absolute Gasteiger partial charge is 0.459 e. The first-order chi connectivity index (χ1) is 11.1. The van der Waals surface area contributed by atoms with Gasteiger partial charge in [0.1, 0.15) is 0 Å². The van der Waals surface area contributed by atoms with Crippen molar-refractivity contribution >= 4 is 29.9 Å². The van der Waals surface area contributed by atoms with E-state index < -0.39 is 0 Å². The summed E-state index contributed by atoms with van der Waals surface area (Å²) >= 11 is 6.13. The van der Waals surface area contributed by atoms with Crippen LogP contribution in [0.25, 0.3) is 0 Å². The van der Waals surface area contributed by atoms with E-state index in [4.69, 9.17) is 21.8 Å². The first-order valence-corrected chi connectivity index (χ1v) is 8.31. The molecule has 1 aliphatic carbocycles. The van der Waals surface area contributed by atoms with Crippen LogP contribution in [0.5, 0.6) is 0 Å². The van der Waals surface area contributed by atoms with E-state index in [-0.39, 0.29) is 29.8 Å². The second-order valence-corrected chi connectivity index (χ2v) is 6.66. The third-order valence-electron chi connectivity index (χ3n) is 4.85. The molecule has 0 aliphatic heterocycles. The topological polar surface area (TPSA) is 68.3 Å². The number of hydrogen-bond acceptors (Lipinski definition) is 3. The predicted molar refractivity (Wildman–Crippen MR) is 97.9 cm³/mol. The van der Waals surface area contributed by atoms with Gasteiger partial charge in [-0.2, -0.15) is 0 Å². The van der Waals surface area contributed by atoms with Gasteiger partial charge < -0.3 is 15.5 Å². The van der Waals surface area contributed by atoms with Gasteiger partial charge in [-0.3, -0.25) is 4.79 Å². The molecule has 0 radical (unpaired) electrons. The molecule has 2 aromatic rings. The van der Waals surface area contributed by atoms with Gasteiger partial charge in [-0.05, 0) is 55.5 Å². The molecular formula is C18H22Cl2N2O2. The van der Waals surface area contributed by atoms with Crippen molar-refractivity contribution in [3.8, 4) is 0 Å². The third-order valence-corrected chi connectivity index (χ3v) is 5.09. The van der Waals surface area contributed by atoms with E-state index in [0.717, 1.165) is 30.7 Å². The Morgan fingerprint density at radius 3 is 2.62 bits per heavy atom. The smallest absolute Gasteiger partial charge is 0.287 e. The van der Waals surface area contributed by atoms with Crippen molar-refractivity contribution in [2.24, 2.45) is 5.73 Å². The fourth-order valence-electron chi connectivity index (χ4n) is 3.41. The summed E-state index contributed by atoms with van der Waals surface area (Å²) in [5.74, 6) is 0.207. The van der Waals surface area contributed by atoms with Gasteiger partial charge in [0, 0.05) is 23.0 Å². The minimum atomic E-state index is -0.150. The maximum Gasteiger partial charge on any atom is 0.287 e. The minimum absolute atomic E-state index is 0. The van der Waals surface area contributed by atoms with Gasteiger partial charge in [0.25, 0.3) is 5.91 Å². The van der Waals surface area contributed by atoms with Crippen molar-refractivity contribution in [1.29, 1.82) is 0 Å². The van der Waals surface area contributed by atoms with Gasteiger partial charge in [0.2, 0.25) is 0 Å². The number of rotatable bonds is 4. The van der Waals surface area contributed by atoms with E-state index >= 15 is 0 Å². The number of benzene rings is 1. The summed E-state index contributed by atoms with van der Waals surface area (Å²) < 4.78 is 5.13. The van der Waals surface area contributed by atoms with E-state index in [1.807, 2.05) is 18.2 Å². The number of carbonyl (C=O) groups excluding carboxylic acids is 1. The molecule has 3 rings (SSSR count). The molecule has 6 heteroatoms. The molecule has 1 fully saturated rings. The molecule has 0 unspecified atom stereocenters. The van der Waals surface area contributed by atoms with Crippen LogP contribution in [0.4, 0.5) is 0 Å². The average Bonchev–Trinajstić information content (AvgIpc) is 3.10. The van der Waals surface area contributed by atoms with Crippen molar-refractivity contribution in [3.63, 3.8) is 0 Å². The molecule has 1 saturated carbocycles. The maximum absolute atomic E-state index is 12.1. The minimum Gasteiger partial charge on any atom is -0.459 e. The van der Waals surface area contributed by atoms with Crippen LogP contribution in [0.15, 0.2) is 47.1 Å². The van der Waals surface area contributed by atoms with E-state index in [1.54, 1.807) is 12.1 Å². The third kappa shape index (κ3) is 3.94. The zero-order chi connectivity index (χ0) is 16.3. The van der Waals surface area contributed by atoms with Crippen molar-refractivity contribution in [2.45, 2.75) is 37.1 Å². The van der Waals surface area contributed by atoms with Crippen LogP contribution in [0, 0.1) is 0 Å². The molecule has 0 saturated heterocycles. The molecule has 3 N–H and O–H groups in total. The van der Waals surface area contributed by atoms with E-state index in [0.29, 0.717) is 12.3 Å². The highest BCUT2D eigenvalue weighted by Crippen LogP contribution is 2.39. The Bertz CT molecular complexity index is 665. The highest BCUT2D eigenvalue weighted by molar-refractivity contribution is 6.30. The summed E-state index contributed by atoms with van der Waals surface area (Å²) in [6.07, 6.45) is 5.18. The molecule has 1 aromatic carbocycles. The molecule has 24 heavy (non-hydrogen) atoms. The fourth-order valence-corrected chi connectivity index (χ4v) is 3.60. The molecular weight excluding hydrogens is 347 g/mol. The molecule has 1 aromatic heterocycles. The normalized spacial score (nSPS) is 23.3. The summed E-state index contributed by atoms with van der Waals surface area (Å²) in [5.41, 5.74) is 7.25. The van der Waals surface area contributed by atoms with Crippen LogP contribution >= 0.6 is 24.0 Å². The van der Waals surface area contributed by atoms with Gasteiger partial charge in [0.15, 0.2) is 5.76 Å². The Hall–Kier alpha value is -1.49. The van der Waals surface area contributed by atoms with Crippen LogP contribution < -0.4 is 11.1 Å². The summed E-state index contributed by atoms with van der Waals surface area (Å²) in [6.45, 7) is 0.589. The molecule has 0 spiro atoms. The molecule has 1 amide bonds. The van der Waals surface area contributed by atoms with Gasteiger partial charge in [-0.15, -0.1) is 12.4 Å². The molecule has 130 valence electrons. The zero-order valence-corrected chi connectivity index (χ0v) is 14.9. The van der Waals surface area contributed by atoms with Crippen LogP contribution in [0.1, 0.15) is 41.8 Å². The maximum atomic E-state index is 12.1. The number of halogens is 2. The lowest BCUT2D eigenvalue weighted by Crippen LogP contribution is -2.45. The number of amides is 1. The van der Waals surface area contributed by atoms with E-state index in [9.17, 15) is 4.79 Å². The number of nitrogens with two attached hydrogens (primary N) is 1. The molecule has 0 bridgehead atoms. The van der Waals surface area contributed by atoms with Crippen LogP contribution in [-0.4, -0.2) is 18.5 Å². The van der Waals surface area contributed by atoms with Gasteiger partial charge in [0.05, 0.1) is 6.26 Å². The van der Waals surface area contributed by atoms with Crippen molar-refractivity contribution in [1.82, 2.24) is 5.32 Å². The van der Waals surface area contributed by atoms with E-state index in [2.05, 4.69) is 11.4 Å². The van der Waals surface area contributed by atoms with Crippen molar-refractivity contribution < 1.29 is 9.21 Å². The molecule has 1 aliphatic rings. The lowest BCUT2D eigenvalue weighted by molar-refractivity contribution is 0.0890. The summed E-state index contributed by atoms with van der Waals surface area (Å²) in [5, 5.41) is 3.79. The summed E-state index contributed by atoms with van der Waals surface area (Å²) in [7, 11) is 0. The Morgan fingerprint density at radius 2 is 2.04 bits per heavy atom. The number of carbonyl (C=O) groups is 1. The Morgan fingerprint density at radius 1 is 1.29 bits per heavy atom. The highest BCUT2D eigenvalue weighted by Gasteiger charge is 2.36. The molecule has 1 heterocycles. The fraction of sp³-hybridized carbons (Fsp3) is 0.389. The standard InChI is InChI=1S/C18H21ClN2O2.ClH/c19-14-4-1-3-13(11-14)18(12-20)8-6-15(7-9-18)21-17(22)16-5-2-10-23-16;/h1-5,10-11,15H,6-9,12,20H2,(H,21,22);1H. The van der Waals surface area contributed by atoms with Crippen LogP contribution in [-0.2, 0) is 5.41 Å². The molecule has 4 nitrogen and oxygen atoms in total. The monoisotopic (exact) mass is 368 g/mol. The summed E-state index contributed by atoms with van der Waals surface area (Å²) in [6, 6.07) is 11.5. The Balaban J connectivity index is 0.00000208. The van der Waals surface area contributed by atoms with Crippen LogP contribution in [0.3, 0.4) is 0 Å². The number of hydrogen-bond donors (Lipinski definition) is 2. The van der Waals surface area contributed by atoms with Crippen molar-refractivity contribution in [3.05, 3.63) is 59.0 Å². The quantitative estimate of drug-likeness (QED) is 0.858. The second kappa shape index (κ2) is 8.06. The predicted octanol–water partition coefficient (Wildman–Crippen LogP) is 3.92. The Kier molecular flexibility index (Phi) is 6.33. The lowest BCUT2D eigenvalue weighted by Gasteiger charge is -2.40. The SMILES string of the molecule is Cl.NCC1(c2cccc(Cl)c2)CCC(NC(=O)c2ccco2)CC1. The number of furan rings is 1. The summed E-state index contributed by atoms with van der Waals surface area (Å²) in [4.78, 5) is 12.1. The zero-order valence-electron chi connectivity index (χ0n) is 13.3. The van der Waals surface area contributed by atoms with Crippen molar-refractivity contribution in [2.75, 3.05) is 6.54 Å². The lowest BCUT2D eigenvalue weighted by atomic mass is 9.68. The van der Waals surface area contributed by atoms with Crippen LogP contribution in [0.2, 0.25) is 5.02 Å². The van der Waals surface area contributed by atoms with Gasteiger partial charge in [-0.25, -0.2) is 0 Å².